The third-order valence-corrected chi connectivity index (χ3v) is 4.92. The number of hydrogen-bond acceptors (Lipinski definition) is 8. The average molecular weight is 399 g/mol. The molecule has 28 heavy (non-hydrogen) atoms. The van der Waals surface area contributed by atoms with Gasteiger partial charge in [0.1, 0.15) is 12.0 Å². The van der Waals surface area contributed by atoms with Crippen LogP contribution in [0, 0.1) is 6.92 Å². The van der Waals surface area contributed by atoms with Crippen molar-refractivity contribution in [3.05, 3.63) is 57.0 Å². The summed E-state index contributed by atoms with van der Waals surface area (Å²) in [6.07, 6.45) is 0.755. The molecule has 144 valence electrons. The van der Waals surface area contributed by atoms with Crippen LogP contribution in [0.4, 0.5) is 0 Å². The van der Waals surface area contributed by atoms with E-state index in [0.29, 0.717) is 27.9 Å². The zero-order chi connectivity index (χ0) is 20.3. The predicted octanol–water partition coefficient (Wildman–Crippen LogP) is 2.53. The summed E-state index contributed by atoms with van der Waals surface area (Å²) in [6, 6.07) is 6.59. The van der Waals surface area contributed by atoms with Gasteiger partial charge in [0.15, 0.2) is 10.8 Å². The highest BCUT2D eigenvalue weighted by atomic mass is 32.2. The number of methoxy groups -OCH3 is 2. The molecule has 1 aromatic carbocycles. The summed E-state index contributed by atoms with van der Waals surface area (Å²) < 4.78 is 10.1. The number of benzene rings is 1. The van der Waals surface area contributed by atoms with E-state index in [1.54, 1.807) is 32.2 Å². The van der Waals surface area contributed by atoms with Crippen molar-refractivity contribution in [2.75, 3.05) is 14.2 Å². The van der Waals surface area contributed by atoms with Gasteiger partial charge >= 0.3 is 5.97 Å². The normalized spacial score (nSPS) is 10.7. The number of esters is 1. The molecule has 0 saturated carbocycles. The number of ether oxygens (including phenoxy) is 2. The maximum atomic E-state index is 12.6. The van der Waals surface area contributed by atoms with Crippen LogP contribution in [0.1, 0.15) is 32.0 Å². The summed E-state index contributed by atoms with van der Waals surface area (Å²) in [7, 11) is 2.79. The third-order valence-electron chi connectivity index (χ3n) is 3.99. The van der Waals surface area contributed by atoms with Gasteiger partial charge in [-0.15, -0.1) is 0 Å². The molecule has 8 nitrogen and oxygen atoms in total. The maximum absolute atomic E-state index is 12.6. The number of pyridine rings is 1. The minimum atomic E-state index is -0.626. The van der Waals surface area contributed by atoms with E-state index in [2.05, 4.69) is 15.0 Å². The number of aromatic nitrogens is 3. The number of aromatic amines is 1. The van der Waals surface area contributed by atoms with Crippen molar-refractivity contribution in [2.45, 2.75) is 17.8 Å². The third kappa shape index (κ3) is 3.89. The van der Waals surface area contributed by atoms with Crippen LogP contribution in [0.5, 0.6) is 5.75 Å². The first kappa shape index (κ1) is 19.6. The SMILES string of the molecule is COC(=O)c1cc(C)nc2nc(SCc3cc(C=O)ccc3OC)[nH]c(=O)c12. The van der Waals surface area contributed by atoms with E-state index in [-0.39, 0.29) is 16.6 Å². The Morgan fingerprint density at radius 1 is 1.25 bits per heavy atom. The van der Waals surface area contributed by atoms with E-state index in [1.165, 1.54) is 24.9 Å². The standard InChI is InChI=1S/C19H17N3O5S/c1-10-6-13(18(25)27-3)15-16(20-10)21-19(22-17(15)24)28-9-12-7-11(8-23)4-5-14(12)26-2/h4-8H,9H2,1-3H3,(H,20,21,22,24). The Bertz CT molecular complexity index is 1130. The number of thioether (sulfide) groups is 1. The van der Waals surface area contributed by atoms with Crippen molar-refractivity contribution in [1.82, 2.24) is 15.0 Å². The number of hydrogen-bond donors (Lipinski definition) is 1. The summed E-state index contributed by atoms with van der Waals surface area (Å²) in [5.41, 5.74) is 1.66. The molecule has 0 amide bonds. The highest BCUT2D eigenvalue weighted by molar-refractivity contribution is 7.98. The summed E-state index contributed by atoms with van der Waals surface area (Å²) in [4.78, 5) is 46.8. The molecule has 2 heterocycles. The molecule has 9 heteroatoms. The van der Waals surface area contributed by atoms with Crippen molar-refractivity contribution in [1.29, 1.82) is 0 Å². The Kier molecular flexibility index (Phi) is 5.74. The van der Waals surface area contributed by atoms with Crippen LogP contribution >= 0.6 is 11.8 Å². The van der Waals surface area contributed by atoms with Crippen LogP contribution in [0.3, 0.4) is 0 Å². The summed E-state index contributed by atoms with van der Waals surface area (Å²) in [6.45, 7) is 1.71. The smallest absolute Gasteiger partial charge is 0.338 e. The molecule has 0 saturated heterocycles. The lowest BCUT2D eigenvalue weighted by molar-refractivity contribution is 0.0602. The molecule has 2 aromatic heterocycles. The molecule has 3 rings (SSSR count). The van der Waals surface area contributed by atoms with Gasteiger partial charge in [-0.1, -0.05) is 11.8 Å². The van der Waals surface area contributed by atoms with Crippen molar-refractivity contribution >= 4 is 35.1 Å². The number of aryl methyl sites for hydroxylation is 1. The van der Waals surface area contributed by atoms with Crippen molar-refractivity contribution in [3.8, 4) is 5.75 Å². The fourth-order valence-corrected chi connectivity index (χ4v) is 3.55. The first-order valence-electron chi connectivity index (χ1n) is 8.21. The van der Waals surface area contributed by atoms with Crippen LogP contribution < -0.4 is 10.3 Å². The number of H-pyrrole nitrogens is 1. The largest absolute Gasteiger partial charge is 0.496 e. The molecule has 0 bridgehead atoms. The van der Waals surface area contributed by atoms with E-state index in [0.717, 1.165) is 11.8 Å². The number of rotatable bonds is 6. The Labute approximate surface area is 164 Å². The molecule has 0 aliphatic carbocycles. The minimum Gasteiger partial charge on any atom is -0.496 e. The van der Waals surface area contributed by atoms with E-state index in [4.69, 9.17) is 9.47 Å². The zero-order valence-corrected chi connectivity index (χ0v) is 16.3. The van der Waals surface area contributed by atoms with E-state index >= 15 is 0 Å². The second-order valence-electron chi connectivity index (χ2n) is 5.85. The molecule has 0 aliphatic rings. The molecule has 0 unspecified atom stereocenters. The Morgan fingerprint density at radius 2 is 2.04 bits per heavy atom. The number of carbonyl (C=O) groups is 2. The number of fused-ring (bicyclic) bond motifs is 1. The maximum Gasteiger partial charge on any atom is 0.338 e. The van der Waals surface area contributed by atoms with Gasteiger partial charge < -0.3 is 14.5 Å². The van der Waals surface area contributed by atoms with Crippen LogP contribution in [0.2, 0.25) is 0 Å². The first-order chi connectivity index (χ1) is 13.5. The van der Waals surface area contributed by atoms with Crippen LogP contribution in [0.15, 0.2) is 34.2 Å². The number of nitrogens with one attached hydrogen (secondary N) is 1. The van der Waals surface area contributed by atoms with Gasteiger partial charge in [0, 0.05) is 22.6 Å². The van der Waals surface area contributed by atoms with Crippen LogP contribution in [-0.2, 0) is 10.5 Å². The molecule has 0 atom stereocenters. The van der Waals surface area contributed by atoms with E-state index < -0.39 is 11.5 Å². The lowest BCUT2D eigenvalue weighted by Gasteiger charge is -2.09. The number of carbonyl (C=O) groups excluding carboxylic acids is 2. The molecule has 0 aliphatic heterocycles. The zero-order valence-electron chi connectivity index (χ0n) is 15.4. The van der Waals surface area contributed by atoms with E-state index in [1.807, 2.05) is 0 Å². The van der Waals surface area contributed by atoms with Gasteiger partial charge in [-0.3, -0.25) is 9.59 Å². The second kappa shape index (κ2) is 8.22. The Morgan fingerprint density at radius 3 is 2.71 bits per heavy atom. The average Bonchev–Trinajstić information content (AvgIpc) is 2.70. The molecule has 1 N–H and O–H groups in total. The molecule has 0 radical (unpaired) electrons. The Hall–Kier alpha value is -3.20. The second-order valence-corrected chi connectivity index (χ2v) is 6.81. The van der Waals surface area contributed by atoms with Gasteiger partial charge in [-0.05, 0) is 31.2 Å². The van der Waals surface area contributed by atoms with Gasteiger partial charge in [0.25, 0.3) is 5.56 Å². The monoisotopic (exact) mass is 399 g/mol. The lowest BCUT2D eigenvalue weighted by Crippen LogP contribution is -2.16. The fourth-order valence-electron chi connectivity index (χ4n) is 2.72. The predicted molar refractivity (Wildman–Crippen MR) is 104 cm³/mol. The highest BCUT2D eigenvalue weighted by Crippen LogP contribution is 2.27. The Balaban J connectivity index is 1.99. The van der Waals surface area contributed by atoms with Crippen molar-refractivity contribution in [2.24, 2.45) is 0 Å². The van der Waals surface area contributed by atoms with Gasteiger partial charge in [-0.2, -0.15) is 0 Å². The summed E-state index contributed by atoms with van der Waals surface area (Å²) in [5.74, 6) is 0.413. The summed E-state index contributed by atoms with van der Waals surface area (Å²) >= 11 is 1.26. The van der Waals surface area contributed by atoms with Crippen molar-refractivity contribution < 1.29 is 19.1 Å². The van der Waals surface area contributed by atoms with Crippen molar-refractivity contribution in [3.63, 3.8) is 0 Å². The lowest BCUT2D eigenvalue weighted by atomic mass is 10.1. The fraction of sp³-hybridized carbons (Fsp3) is 0.211. The number of aldehydes is 1. The van der Waals surface area contributed by atoms with E-state index in [9.17, 15) is 14.4 Å². The highest BCUT2D eigenvalue weighted by Gasteiger charge is 2.17. The van der Waals surface area contributed by atoms with Gasteiger partial charge in [0.05, 0.1) is 25.2 Å². The van der Waals surface area contributed by atoms with Gasteiger partial charge in [-0.25, -0.2) is 14.8 Å². The molecule has 0 spiro atoms. The number of nitrogens with zero attached hydrogens (tertiary/aromatic N) is 2. The topological polar surface area (TPSA) is 111 Å². The first-order valence-corrected chi connectivity index (χ1v) is 9.20. The molecule has 0 fully saturated rings. The van der Waals surface area contributed by atoms with Gasteiger partial charge in [0.2, 0.25) is 0 Å². The summed E-state index contributed by atoms with van der Waals surface area (Å²) in [5, 5.41) is 0.423. The van der Waals surface area contributed by atoms with Crippen LogP contribution in [0.25, 0.3) is 11.0 Å². The van der Waals surface area contributed by atoms with Crippen LogP contribution in [-0.4, -0.2) is 41.4 Å². The quantitative estimate of drug-likeness (QED) is 0.291. The minimum absolute atomic E-state index is 0.0855. The molecule has 3 aromatic rings. The molecular formula is C19H17N3O5S. The molecular weight excluding hydrogens is 382 g/mol.